The monoisotopic (exact) mass is 280 g/mol. The van der Waals surface area contributed by atoms with Gasteiger partial charge in [-0.05, 0) is 26.0 Å². The fourth-order valence-electron chi connectivity index (χ4n) is 2.20. The molecule has 0 saturated carbocycles. The summed E-state index contributed by atoms with van der Waals surface area (Å²) in [5.74, 6) is -0.771. The second-order valence-corrected chi connectivity index (χ2v) is 4.78. The van der Waals surface area contributed by atoms with Crippen LogP contribution >= 0.6 is 0 Å². The number of phenols is 1. The highest BCUT2D eigenvalue weighted by Gasteiger charge is 2.30. The van der Waals surface area contributed by atoms with E-state index in [4.69, 9.17) is 4.74 Å². The van der Waals surface area contributed by atoms with Crippen molar-refractivity contribution in [1.29, 1.82) is 0 Å². The second kappa shape index (κ2) is 5.46. The molecule has 0 bridgehead atoms. The number of aromatic hydroxyl groups is 1. The molecule has 108 valence electrons. The third-order valence-electron chi connectivity index (χ3n) is 3.56. The van der Waals surface area contributed by atoms with Crippen LogP contribution in [0.1, 0.15) is 24.2 Å². The maximum atomic E-state index is 12.4. The number of hydrogen-bond acceptors (Lipinski definition) is 5. The van der Waals surface area contributed by atoms with Crippen LogP contribution in [0.25, 0.3) is 0 Å². The molecule has 7 nitrogen and oxygen atoms in total. The van der Waals surface area contributed by atoms with E-state index in [1.54, 1.807) is 4.90 Å². The Hall–Kier alpha value is -2.15. The van der Waals surface area contributed by atoms with Gasteiger partial charge in [-0.25, -0.2) is 0 Å². The van der Waals surface area contributed by atoms with Crippen LogP contribution in [0.3, 0.4) is 0 Å². The van der Waals surface area contributed by atoms with Crippen LogP contribution in [0.2, 0.25) is 0 Å². The average molecular weight is 280 g/mol. The Bertz CT molecular complexity index is 546. The number of carbonyl (C=O) groups excluding carboxylic acids is 1. The molecular weight excluding hydrogens is 264 g/mol. The molecule has 2 rings (SSSR count). The largest absolute Gasteiger partial charge is 0.502 e. The number of ether oxygens (including phenoxy) is 1. The third-order valence-corrected chi connectivity index (χ3v) is 3.56. The van der Waals surface area contributed by atoms with Gasteiger partial charge < -0.3 is 14.7 Å². The van der Waals surface area contributed by atoms with Gasteiger partial charge in [0, 0.05) is 18.2 Å². The standard InChI is InChI=1S/C13H16N2O5/c1-8-9(2)20-6-5-14(8)13(17)10-3-4-11(15(18)19)12(16)7-10/h3-4,7-9,16H,5-6H2,1-2H3. The van der Waals surface area contributed by atoms with Crippen molar-refractivity contribution >= 4 is 11.6 Å². The van der Waals surface area contributed by atoms with Crippen molar-refractivity contribution in [2.24, 2.45) is 0 Å². The Morgan fingerprint density at radius 3 is 2.80 bits per heavy atom. The Balaban J connectivity index is 2.25. The van der Waals surface area contributed by atoms with Crippen molar-refractivity contribution in [3.63, 3.8) is 0 Å². The van der Waals surface area contributed by atoms with Gasteiger partial charge in [-0.1, -0.05) is 0 Å². The van der Waals surface area contributed by atoms with E-state index in [0.717, 1.165) is 12.1 Å². The number of phenolic OH excluding ortho intramolecular Hbond substituents is 1. The summed E-state index contributed by atoms with van der Waals surface area (Å²) >= 11 is 0. The predicted octanol–water partition coefficient (Wildman–Crippen LogP) is 1.55. The fraction of sp³-hybridized carbons (Fsp3) is 0.462. The van der Waals surface area contributed by atoms with E-state index in [0.29, 0.717) is 13.2 Å². The number of nitro benzene ring substituents is 1. The Kier molecular flexibility index (Phi) is 3.89. The zero-order valence-corrected chi connectivity index (χ0v) is 11.3. The van der Waals surface area contributed by atoms with Gasteiger partial charge in [-0.15, -0.1) is 0 Å². The molecule has 1 aliphatic rings. The molecule has 1 fully saturated rings. The lowest BCUT2D eigenvalue weighted by molar-refractivity contribution is -0.385. The van der Waals surface area contributed by atoms with Gasteiger partial charge in [0.25, 0.3) is 5.91 Å². The van der Waals surface area contributed by atoms with Crippen molar-refractivity contribution in [2.45, 2.75) is 26.0 Å². The van der Waals surface area contributed by atoms with Gasteiger partial charge in [0.2, 0.25) is 0 Å². The van der Waals surface area contributed by atoms with Gasteiger partial charge in [-0.2, -0.15) is 0 Å². The molecule has 1 aliphatic heterocycles. The van der Waals surface area contributed by atoms with Crippen molar-refractivity contribution in [3.8, 4) is 5.75 Å². The minimum absolute atomic E-state index is 0.0701. The Labute approximate surface area is 115 Å². The smallest absolute Gasteiger partial charge is 0.310 e. The number of nitro groups is 1. The summed E-state index contributed by atoms with van der Waals surface area (Å²) < 4.78 is 5.45. The molecular formula is C13H16N2O5. The van der Waals surface area contributed by atoms with Crippen LogP contribution in [0.5, 0.6) is 5.75 Å². The topological polar surface area (TPSA) is 92.9 Å². The highest BCUT2D eigenvalue weighted by Crippen LogP contribution is 2.27. The molecule has 0 radical (unpaired) electrons. The summed E-state index contributed by atoms with van der Waals surface area (Å²) in [6, 6.07) is 3.53. The molecule has 1 aromatic carbocycles. The second-order valence-electron chi connectivity index (χ2n) is 4.78. The number of rotatable bonds is 2. The van der Waals surface area contributed by atoms with E-state index in [1.165, 1.54) is 6.07 Å². The Morgan fingerprint density at radius 2 is 2.20 bits per heavy atom. The highest BCUT2D eigenvalue weighted by molar-refractivity contribution is 5.95. The number of hydrogen-bond donors (Lipinski definition) is 1. The summed E-state index contributed by atoms with van der Waals surface area (Å²) in [7, 11) is 0. The first kappa shape index (κ1) is 14.3. The molecule has 2 unspecified atom stereocenters. The molecule has 0 spiro atoms. The van der Waals surface area contributed by atoms with E-state index >= 15 is 0 Å². The summed E-state index contributed by atoms with van der Waals surface area (Å²) in [6.45, 7) is 4.68. The molecule has 1 amide bonds. The third kappa shape index (κ3) is 2.57. The molecule has 20 heavy (non-hydrogen) atoms. The molecule has 1 saturated heterocycles. The highest BCUT2D eigenvalue weighted by atomic mass is 16.6. The van der Waals surface area contributed by atoms with E-state index in [1.807, 2.05) is 13.8 Å². The molecule has 7 heteroatoms. The van der Waals surface area contributed by atoms with Crippen molar-refractivity contribution in [2.75, 3.05) is 13.2 Å². The van der Waals surface area contributed by atoms with Crippen LogP contribution in [-0.4, -0.2) is 46.1 Å². The van der Waals surface area contributed by atoms with Crippen LogP contribution in [0.15, 0.2) is 18.2 Å². The minimum Gasteiger partial charge on any atom is -0.502 e. The zero-order valence-electron chi connectivity index (χ0n) is 11.3. The fourth-order valence-corrected chi connectivity index (χ4v) is 2.20. The molecule has 1 heterocycles. The SMILES string of the molecule is CC1OCCN(C(=O)c2ccc([N+](=O)[O-])c(O)c2)C1C. The number of amides is 1. The normalized spacial score (nSPS) is 22.6. The quantitative estimate of drug-likeness (QED) is 0.655. The minimum atomic E-state index is -0.691. The van der Waals surface area contributed by atoms with E-state index in [2.05, 4.69) is 0 Å². The molecule has 1 aromatic rings. The van der Waals surface area contributed by atoms with E-state index in [9.17, 15) is 20.0 Å². The lowest BCUT2D eigenvalue weighted by Crippen LogP contribution is -2.51. The first-order valence-electron chi connectivity index (χ1n) is 6.31. The molecule has 0 aromatic heterocycles. The molecule has 0 aliphatic carbocycles. The van der Waals surface area contributed by atoms with E-state index in [-0.39, 0.29) is 23.6 Å². The first-order valence-corrected chi connectivity index (χ1v) is 6.31. The summed E-state index contributed by atoms with van der Waals surface area (Å²) in [5.41, 5.74) is -0.181. The van der Waals surface area contributed by atoms with Crippen molar-refractivity contribution < 1.29 is 19.6 Å². The summed E-state index contributed by atoms with van der Waals surface area (Å²) in [6.07, 6.45) is -0.0701. The van der Waals surface area contributed by atoms with Crippen LogP contribution < -0.4 is 0 Å². The van der Waals surface area contributed by atoms with Crippen LogP contribution in [0.4, 0.5) is 5.69 Å². The number of benzene rings is 1. The van der Waals surface area contributed by atoms with Gasteiger partial charge in [0.15, 0.2) is 5.75 Å². The molecule has 2 atom stereocenters. The maximum Gasteiger partial charge on any atom is 0.310 e. The lowest BCUT2D eigenvalue weighted by Gasteiger charge is -2.37. The molecule has 1 N–H and O–H groups in total. The maximum absolute atomic E-state index is 12.4. The number of carbonyl (C=O) groups is 1. The summed E-state index contributed by atoms with van der Waals surface area (Å²) in [5, 5.41) is 20.2. The zero-order chi connectivity index (χ0) is 14.9. The lowest BCUT2D eigenvalue weighted by atomic mass is 10.1. The Morgan fingerprint density at radius 1 is 1.50 bits per heavy atom. The summed E-state index contributed by atoms with van der Waals surface area (Å²) in [4.78, 5) is 24.0. The van der Waals surface area contributed by atoms with Crippen LogP contribution in [-0.2, 0) is 4.74 Å². The van der Waals surface area contributed by atoms with Crippen molar-refractivity contribution in [3.05, 3.63) is 33.9 Å². The van der Waals surface area contributed by atoms with Gasteiger partial charge in [-0.3, -0.25) is 14.9 Å². The van der Waals surface area contributed by atoms with Gasteiger partial charge in [0.05, 0.1) is 23.7 Å². The van der Waals surface area contributed by atoms with Gasteiger partial charge >= 0.3 is 5.69 Å². The number of morpholine rings is 1. The number of nitrogens with zero attached hydrogens (tertiary/aromatic N) is 2. The van der Waals surface area contributed by atoms with Crippen LogP contribution in [0, 0.1) is 10.1 Å². The first-order chi connectivity index (χ1) is 9.41. The average Bonchev–Trinajstić information content (AvgIpc) is 2.40. The van der Waals surface area contributed by atoms with Crippen molar-refractivity contribution in [1.82, 2.24) is 4.90 Å². The van der Waals surface area contributed by atoms with Gasteiger partial charge in [0.1, 0.15) is 0 Å². The predicted molar refractivity (Wildman–Crippen MR) is 70.7 cm³/mol. The van der Waals surface area contributed by atoms with E-state index < -0.39 is 16.4 Å².